The van der Waals surface area contributed by atoms with E-state index < -0.39 is 125 Å². The van der Waals surface area contributed by atoms with Crippen molar-refractivity contribution < 1.29 is 71.3 Å². The Bertz CT molecular complexity index is 1360. The van der Waals surface area contributed by atoms with Gasteiger partial charge in [0, 0.05) is 0 Å². The minimum absolute atomic E-state index is 0.206. The summed E-state index contributed by atoms with van der Waals surface area (Å²) in [5, 5.41) is 0. The van der Waals surface area contributed by atoms with Crippen LogP contribution in [0.5, 0.6) is 0 Å². The lowest BCUT2D eigenvalue weighted by molar-refractivity contribution is -0.323. The van der Waals surface area contributed by atoms with Gasteiger partial charge in [0.15, 0.2) is 42.5 Å². The maximum Gasteiger partial charge on any atom is 0.311 e. The van der Waals surface area contributed by atoms with Crippen molar-refractivity contribution in [1.82, 2.24) is 0 Å². The van der Waals surface area contributed by atoms with Gasteiger partial charge in [-0.15, -0.1) is 0 Å². The molecule has 53 heavy (non-hydrogen) atoms. The summed E-state index contributed by atoms with van der Waals surface area (Å²) in [6.07, 6.45) is -10.4. The zero-order chi connectivity index (χ0) is 40.3. The number of carbonyl (C=O) groups excluding carboxylic acids is 4. The van der Waals surface area contributed by atoms with Gasteiger partial charge in [-0.2, -0.15) is 0 Å². The van der Waals surface area contributed by atoms with Crippen LogP contribution in [-0.2, 0) is 71.3 Å². The Morgan fingerprint density at radius 3 is 1.43 bits per heavy atom. The summed E-state index contributed by atoms with van der Waals surface area (Å²) in [6.45, 7) is 26.5. The molecule has 0 spiro atoms. The lowest BCUT2D eigenvalue weighted by Gasteiger charge is -2.46. The molecule has 0 aromatic heterocycles. The monoisotopic (exact) mass is 758 g/mol. The Balaban J connectivity index is 1.75. The fourth-order valence-corrected chi connectivity index (χ4v) is 5.84. The molecule has 0 amide bonds. The molecule has 0 bridgehead atoms. The zero-order valence-corrected chi connectivity index (χ0v) is 34.3. The lowest BCUT2D eigenvalue weighted by atomic mass is 9.93. The molecule has 0 aliphatic carbocycles. The molecule has 0 saturated carbocycles. The number of fused-ring (bicyclic) bond motifs is 3. The van der Waals surface area contributed by atoms with Gasteiger partial charge < -0.3 is 52.1 Å². The Morgan fingerprint density at radius 2 is 0.925 bits per heavy atom. The Labute approximate surface area is 313 Å². The van der Waals surface area contributed by atoms with Crippen LogP contribution in [0.15, 0.2) is 0 Å². The number of carbonyl (C=O) groups is 4. The first kappa shape index (κ1) is 43.3. The minimum Gasteiger partial charge on any atom is -0.462 e. The smallest absolute Gasteiger partial charge is 0.311 e. The van der Waals surface area contributed by atoms with E-state index in [4.69, 9.17) is 52.1 Å². The molecule has 4 aliphatic heterocycles. The van der Waals surface area contributed by atoms with Gasteiger partial charge in [-0.05, 0) is 111 Å². The second-order valence-corrected chi connectivity index (χ2v) is 19.3. The molecular formula is C38H62O15. The summed E-state index contributed by atoms with van der Waals surface area (Å²) in [6, 6.07) is 0. The van der Waals surface area contributed by atoms with Crippen LogP contribution in [0.25, 0.3) is 0 Å². The average Bonchev–Trinajstić information content (AvgIpc) is 3.48. The van der Waals surface area contributed by atoms with Crippen LogP contribution >= 0.6 is 0 Å². The maximum atomic E-state index is 13.6. The first-order chi connectivity index (χ1) is 23.9. The van der Waals surface area contributed by atoms with Crippen LogP contribution in [0.2, 0.25) is 0 Å². The van der Waals surface area contributed by atoms with Crippen molar-refractivity contribution in [2.45, 2.75) is 184 Å². The van der Waals surface area contributed by atoms with E-state index in [1.165, 1.54) is 0 Å². The second-order valence-electron chi connectivity index (χ2n) is 19.3. The molecule has 15 nitrogen and oxygen atoms in total. The zero-order valence-electron chi connectivity index (χ0n) is 34.3. The highest BCUT2D eigenvalue weighted by atomic mass is 16.9. The van der Waals surface area contributed by atoms with Gasteiger partial charge in [0.05, 0.1) is 28.3 Å². The summed E-state index contributed by atoms with van der Waals surface area (Å²) in [5.41, 5.74) is -3.91. The highest BCUT2D eigenvalue weighted by Gasteiger charge is 2.61. The van der Waals surface area contributed by atoms with Crippen LogP contribution in [0, 0.1) is 21.7 Å². The summed E-state index contributed by atoms with van der Waals surface area (Å²) in [5.74, 6) is -4.48. The molecule has 10 atom stereocenters. The van der Waals surface area contributed by atoms with Crippen LogP contribution in [0.1, 0.15) is 111 Å². The molecule has 0 radical (unpaired) electrons. The predicted molar refractivity (Wildman–Crippen MR) is 186 cm³/mol. The lowest BCUT2D eigenvalue weighted by Crippen LogP contribution is -2.64. The van der Waals surface area contributed by atoms with Gasteiger partial charge >= 0.3 is 23.9 Å². The summed E-state index contributed by atoms with van der Waals surface area (Å²) < 4.78 is 67.7. The van der Waals surface area contributed by atoms with E-state index in [-0.39, 0.29) is 6.61 Å². The van der Waals surface area contributed by atoms with Gasteiger partial charge in [-0.3, -0.25) is 19.2 Å². The molecule has 0 aromatic carbocycles. The van der Waals surface area contributed by atoms with E-state index in [0.717, 1.165) is 0 Å². The van der Waals surface area contributed by atoms with Crippen molar-refractivity contribution in [3.05, 3.63) is 0 Å². The van der Waals surface area contributed by atoms with Gasteiger partial charge in [0.1, 0.15) is 37.1 Å². The molecule has 304 valence electrons. The van der Waals surface area contributed by atoms with Crippen LogP contribution < -0.4 is 0 Å². The standard InChI is InChI=1S/C38H62O15/c1-33(2,3)29(39)44-18-19-21(47-30(40)34(4,5)6)23(48-31(41)35(7,8)9)25(49-32(42)36(10,11)12)27(45-19)43-17-20-22-24(51-37(13,14)50-22)26-28(46-20)53-38(15,16)52-26/h19-28H,17-18H2,1-16H3/t19-,20-,21-,22+,23+,24+,25-,26-,27-,28-/m1/s1. The first-order valence-electron chi connectivity index (χ1n) is 18.3. The third-order valence-corrected chi connectivity index (χ3v) is 8.82. The largest absolute Gasteiger partial charge is 0.462 e. The highest BCUT2D eigenvalue weighted by Crippen LogP contribution is 2.44. The fourth-order valence-electron chi connectivity index (χ4n) is 5.84. The van der Waals surface area contributed by atoms with Crippen molar-refractivity contribution in [3.63, 3.8) is 0 Å². The Hall–Kier alpha value is -2.40. The van der Waals surface area contributed by atoms with Gasteiger partial charge in [-0.1, -0.05) is 0 Å². The minimum atomic E-state index is -1.46. The van der Waals surface area contributed by atoms with E-state index in [9.17, 15) is 19.2 Å². The molecule has 4 heterocycles. The average molecular weight is 759 g/mol. The van der Waals surface area contributed by atoms with E-state index in [1.807, 2.05) is 0 Å². The van der Waals surface area contributed by atoms with Gasteiger partial charge in [-0.25, -0.2) is 0 Å². The normalized spacial score (nSPS) is 34.0. The third kappa shape index (κ3) is 10.5. The highest BCUT2D eigenvalue weighted by molar-refractivity contribution is 5.78. The van der Waals surface area contributed by atoms with Crippen molar-refractivity contribution in [1.29, 1.82) is 0 Å². The molecule has 4 aliphatic rings. The number of ether oxygens (including phenoxy) is 11. The molecule has 0 unspecified atom stereocenters. The van der Waals surface area contributed by atoms with Crippen LogP contribution in [0.4, 0.5) is 0 Å². The van der Waals surface area contributed by atoms with E-state index in [2.05, 4.69) is 0 Å². The quantitative estimate of drug-likeness (QED) is 0.249. The number of hydrogen-bond donors (Lipinski definition) is 0. The molecule has 15 heteroatoms. The van der Waals surface area contributed by atoms with E-state index >= 15 is 0 Å². The van der Waals surface area contributed by atoms with Crippen LogP contribution in [-0.4, -0.2) is 110 Å². The van der Waals surface area contributed by atoms with Crippen molar-refractivity contribution in [3.8, 4) is 0 Å². The molecule has 4 fully saturated rings. The third-order valence-electron chi connectivity index (χ3n) is 8.82. The molecular weight excluding hydrogens is 696 g/mol. The summed E-state index contributed by atoms with van der Waals surface area (Å²) in [7, 11) is 0. The van der Waals surface area contributed by atoms with Crippen molar-refractivity contribution in [2.24, 2.45) is 21.7 Å². The molecule has 0 N–H and O–H groups in total. The molecule has 0 aromatic rings. The topological polar surface area (TPSA) is 170 Å². The van der Waals surface area contributed by atoms with Gasteiger partial charge in [0.2, 0.25) is 0 Å². The molecule has 4 saturated heterocycles. The fraction of sp³-hybridized carbons (Fsp3) is 0.895. The van der Waals surface area contributed by atoms with Crippen molar-refractivity contribution >= 4 is 23.9 Å². The van der Waals surface area contributed by atoms with E-state index in [1.54, 1.807) is 111 Å². The van der Waals surface area contributed by atoms with E-state index in [0.29, 0.717) is 0 Å². The number of rotatable bonds is 8. The Kier molecular flexibility index (Phi) is 12.2. The van der Waals surface area contributed by atoms with Crippen LogP contribution in [0.3, 0.4) is 0 Å². The van der Waals surface area contributed by atoms with Gasteiger partial charge in [0.25, 0.3) is 0 Å². The summed E-state index contributed by atoms with van der Waals surface area (Å²) in [4.78, 5) is 53.6. The predicted octanol–water partition coefficient (Wildman–Crippen LogP) is 4.59. The second kappa shape index (κ2) is 14.9. The first-order valence-corrected chi connectivity index (χ1v) is 18.3. The molecule has 4 rings (SSSR count). The number of esters is 4. The summed E-state index contributed by atoms with van der Waals surface area (Å²) >= 11 is 0. The SMILES string of the molecule is CC1(C)O[C@H]2[C@@H](O1)[C@@H](CO[C@@H]1O[C@H](COC(=O)C(C)(C)C)[C@@H](OC(=O)C(C)(C)C)[C@H](OC(=O)C(C)(C)C)[C@H]1OC(=O)C(C)(C)C)O[C@@H]1OC(C)(C)O[C@@H]12. The maximum absolute atomic E-state index is 13.6. The van der Waals surface area contributed by atoms with Crippen molar-refractivity contribution in [2.75, 3.05) is 13.2 Å². The number of hydrogen-bond acceptors (Lipinski definition) is 15. The Morgan fingerprint density at radius 1 is 0.491 bits per heavy atom.